The van der Waals surface area contributed by atoms with E-state index in [2.05, 4.69) is 20.0 Å². The molecule has 0 unspecified atom stereocenters. The van der Waals surface area contributed by atoms with Crippen molar-refractivity contribution in [2.45, 2.75) is 4.90 Å². The number of hydrogen-bond acceptors (Lipinski definition) is 8. The summed E-state index contributed by atoms with van der Waals surface area (Å²) in [5, 5.41) is 12.4. The minimum atomic E-state index is -4.41. The van der Waals surface area contributed by atoms with E-state index in [1.165, 1.54) is 30.7 Å². The van der Waals surface area contributed by atoms with Gasteiger partial charge >= 0.3 is 0 Å². The van der Waals surface area contributed by atoms with Crippen LogP contribution in [0.3, 0.4) is 0 Å². The Morgan fingerprint density at radius 3 is 2.51 bits per heavy atom. The number of ether oxygens (including phenoxy) is 1. The molecule has 0 saturated heterocycles. The Bertz CT molecular complexity index is 1510. The van der Waals surface area contributed by atoms with E-state index in [0.29, 0.717) is 27.6 Å². The van der Waals surface area contributed by atoms with Crippen LogP contribution in [0.2, 0.25) is 0 Å². The summed E-state index contributed by atoms with van der Waals surface area (Å²) in [5.74, 6) is -2.15. The maximum atomic E-state index is 14.1. The molecular weight excluding hydrogens is 496 g/mol. The van der Waals surface area contributed by atoms with Gasteiger partial charge in [0.05, 0.1) is 17.8 Å². The highest BCUT2D eigenvalue weighted by atomic mass is 32.2. The molecule has 4 rings (SSSR count). The molecule has 12 heteroatoms. The van der Waals surface area contributed by atoms with Gasteiger partial charge in [0, 0.05) is 53.3 Å². The standard InChI is InChI=1S/C23H19F2N5O3S2/c1-27-23-16(21(26)13-5-7-28-8-6-13)11-19(34-23)14-9-18(22(33-2)29-12-14)30-35(31,32)20-4-3-15(24)10-17(20)25/h3-12,26-27,30H,1-2H3. The van der Waals surface area contributed by atoms with Gasteiger partial charge in [0.1, 0.15) is 22.2 Å². The molecule has 0 aliphatic carbocycles. The average Bonchev–Trinajstić information content (AvgIpc) is 3.28. The lowest BCUT2D eigenvalue weighted by atomic mass is 10.0. The van der Waals surface area contributed by atoms with Crippen molar-refractivity contribution in [3.8, 4) is 16.3 Å². The van der Waals surface area contributed by atoms with Crippen LogP contribution in [-0.4, -0.2) is 38.3 Å². The molecule has 3 heterocycles. The first-order valence-corrected chi connectivity index (χ1v) is 12.4. The highest BCUT2D eigenvalue weighted by Gasteiger charge is 2.23. The number of nitrogens with one attached hydrogen (secondary N) is 3. The summed E-state index contributed by atoms with van der Waals surface area (Å²) < 4.78 is 60.4. The predicted molar refractivity (Wildman–Crippen MR) is 131 cm³/mol. The third kappa shape index (κ3) is 4.98. The molecule has 0 saturated carbocycles. The minimum absolute atomic E-state index is 0.0288. The summed E-state index contributed by atoms with van der Waals surface area (Å²) in [6.07, 6.45) is 4.71. The summed E-state index contributed by atoms with van der Waals surface area (Å²) >= 11 is 1.35. The molecule has 1 aromatic carbocycles. The quantitative estimate of drug-likeness (QED) is 0.292. The van der Waals surface area contributed by atoms with Gasteiger partial charge in [0.2, 0.25) is 5.88 Å². The number of hydrogen-bond donors (Lipinski definition) is 3. The molecule has 0 amide bonds. The fraction of sp³-hybridized carbons (Fsp3) is 0.0870. The van der Waals surface area contributed by atoms with Gasteiger partial charge in [-0.3, -0.25) is 15.1 Å². The lowest BCUT2D eigenvalue weighted by Gasteiger charge is -2.12. The number of anilines is 2. The number of aromatic nitrogens is 2. The minimum Gasteiger partial charge on any atom is -0.480 e. The van der Waals surface area contributed by atoms with Crippen molar-refractivity contribution in [2.75, 3.05) is 24.2 Å². The van der Waals surface area contributed by atoms with Crippen molar-refractivity contribution < 1.29 is 21.9 Å². The van der Waals surface area contributed by atoms with Gasteiger partial charge in [-0.25, -0.2) is 22.2 Å². The second-order valence-electron chi connectivity index (χ2n) is 7.18. The first-order chi connectivity index (χ1) is 16.7. The Labute approximate surface area is 204 Å². The summed E-state index contributed by atoms with van der Waals surface area (Å²) in [6, 6.07) is 8.94. The molecule has 3 N–H and O–H groups in total. The van der Waals surface area contributed by atoms with Gasteiger partial charge in [-0.05, 0) is 36.4 Å². The van der Waals surface area contributed by atoms with Crippen LogP contribution < -0.4 is 14.8 Å². The van der Waals surface area contributed by atoms with Crippen LogP contribution in [0.15, 0.2) is 66.0 Å². The number of halogens is 2. The first kappa shape index (κ1) is 24.2. The van der Waals surface area contributed by atoms with Gasteiger partial charge in [0.25, 0.3) is 10.0 Å². The van der Waals surface area contributed by atoms with E-state index in [9.17, 15) is 17.2 Å². The SMILES string of the molecule is CNc1sc(-c2cnc(OC)c(NS(=O)(=O)c3ccc(F)cc3F)c2)cc1C(=N)c1ccncc1. The summed E-state index contributed by atoms with van der Waals surface area (Å²) in [4.78, 5) is 8.14. The zero-order valence-electron chi connectivity index (χ0n) is 18.5. The van der Waals surface area contributed by atoms with Crippen LogP contribution in [0.4, 0.5) is 19.5 Å². The van der Waals surface area contributed by atoms with E-state index in [-0.39, 0.29) is 17.3 Å². The van der Waals surface area contributed by atoms with E-state index in [0.717, 1.165) is 17.1 Å². The molecule has 4 aromatic rings. The zero-order valence-corrected chi connectivity index (χ0v) is 20.1. The van der Waals surface area contributed by atoms with E-state index in [1.807, 2.05) is 0 Å². The number of methoxy groups -OCH3 is 1. The summed E-state index contributed by atoms with van der Waals surface area (Å²) in [6.45, 7) is 0. The van der Waals surface area contributed by atoms with Crippen LogP contribution in [0.25, 0.3) is 10.4 Å². The molecule has 0 atom stereocenters. The Morgan fingerprint density at radius 2 is 1.86 bits per heavy atom. The van der Waals surface area contributed by atoms with Crippen molar-refractivity contribution in [3.63, 3.8) is 0 Å². The highest BCUT2D eigenvalue weighted by molar-refractivity contribution is 7.92. The third-order valence-corrected chi connectivity index (χ3v) is 7.55. The van der Waals surface area contributed by atoms with Crippen molar-refractivity contribution in [3.05, 3.63) is 83.8 Å². The lowest BCUT2D eigenvalue weighted by molar-refractivity contribution is 0.400. The Hall–Kier alpha value is -3.90. The summed E-state index contributed by atoms with van der Waals surface area (Å²) in [5.41, 5.74) is 2.12. The number of rotatable bonds is 8. The molecule has 8 nitrogen and oxygen atoms in total. The van der Waals surface area contributed by atoms with Crippen molar-refractivity contribution >= 4 is 37.8 Å². The molecule has 0 radical (unpaired) electrons. The maximum Gasteiger partial charge on any atom is 0.264 e. The Kier molecular flexibility index (Phi) is 6.76. The lowest BCUT2D eigenvalue weighted by Crippen LogP contribution is -2.15. The van der Waals surface area contributed by atoms with E-state index < -0.39 is 26.6 Å². The molecule has 0 fully saturated rings. The van der Waals surface area contributed by atoms with E-state index in [4.69, 9.17) is 10.1 Å². The van der Waals surface area contributed by atoms with E-state index in [1.54, 1.807) is 37.6 Å². The predicted octanol–water partition coefficient (Wildman–Crippen LogP) is 4.75. The van der Waals surface area contributed by atoms with Crippen molar-refractivity contribution in [1.82, 2.24) is 9.97 Å². The van der Waals surface area contributed by atoms with Gasteiger partial charge in [-0.2, -0.15) is 0 Å². The number of sulfonamides is 1. The zero-order chi connectivity index (χ0) is 25.2. The van der Waals surface area contributed by atoms with Crippen LogP contribution >= 0.6 is 11.3 Å². The molecule has 0 aliphatic heterocycles. The van der Waals surface area contributed by atoms with Gasteiger partial charge in [0.15, 0.2) is 0 Å². The second-order valence-corrected chi connectivity index (χ2v) is 9.88. The topological polar surface area (TPSA) is 117 Å². The van der Waals surface area contributed by atoms with Crippen LogP contribution in [0.1, 0.15) is 11.1 Å². The largest absolute Gasteiger partial charge is 0.480 e. The smallest absolute Gasteiger partial charge is 0.264 e. The first-order valence-electron chi connectivity index (χ1n) is 10.1. The number of nitrogens with zero attached hydrogens (tertiary/aromatic N) is 2. The Balaban J connectivity index is 1.73. The molecule has 3 aromatic heterocycles. The molecule has 180 valence electrons. The molecule has 35 heavy (non-hydrogen) atoms. The van der Waals surface area contributed by atoms with Gasteiger partial charge < -0.3 is 10.1 Å². The van der Waals surface area contributed by atoms with Gasteiger partial charge in [-0.1, -0.05) is 0 Å². The van der Waals surface area contributed by atoms with Crippen molar-refractivity contribution in [1.29, 1.82) is 5.41 Å². The monoisotopic (exact) mass is 515 g/mol. The average molecular weight is 516 g/mol. The summed E-state index contributed by atoms with van der Waals surface area (Å²) in [7, 11) is -1.36. The number of thiophene rings is 1. The van der Waals surface area contributed by atoms with Crippen LogP contribution in [0.5, 0.6) is 5.88 Å². The molecule has 0 spiro atoms. The maximum absolute atomic E-state index is 14.1. The normalized spacial score (nSPS) is 11.2. The van der Waals surface area contributed by atoms with Crippen LogP contribution in [0, 0.1) is 17.0 Å². The fourth-order valence-electron chi connectivity index (χ4n) is 3.29. The second kappa shape index (κ2) is 9.76. The molecule has 0 bridgehead atoms. The van der Waals surface area contributed by atoms with E-state index >= 15 is 0 Å². The van der Waals surface area contributed by atoms with Gasteiger partial charge in [-0.15, -0.1) is 11.3 Å². The molecule has 0 aliphatic rings. The highest BCUT2D eigenvalue weighted by Crippen LogP contribution is 2.38. The van der Waals surface area contributed by atoms with Crippen molar-refractivity contribution in [2.24, 2.45) is 0 Å². The Morgan fingerprint density at radius 1 is 1.11 bits per heavy atom. The number of pyridine rings is 2. The number of benzene rings is 1. The third-order valence-electron chi connectivity index (χ3n) is 4.95. The fourth-order valence-corrected chi connectivity index (χ4v) is 5.40. The van der Waals surface area contributed by atoms with Crippen LogP contribution in [-0.2, 0) is 10.0 Å². The molecular formula is C23H19F2N5O3S2.